The molecule has 0 amide bonds. The highest BCUT2D eigenvalue weighted by molar-refractivity contribution is 9.10. The van der Waals surface area contributed by atoms with Gasteiger partial charge < -0.3 is 10.1 Å². The molecule has 2 aromatic rings. The van der Waals surface area contributed by atoms with Crippen molar-refractivity contribution in [2.45, 2.75) is 19.5 Å². The molecule has 0 fully saturated rings. The van der Waals surface area contributed by atoms with E-state index in [1.807, 2.05) is 31.2 Å². The molecule has 0 aromatic heterocycles. The Kier molecular flexibility index (Phi) is 5.15. The first-order valence-corrected chi connectivity index (χ1v) is 7.21. The molecule has 2 rings (SSSR count). The highest BCUT2D eigenvalue weighted by Crippen LogP contribution is 2.23. The van der Waals surface area contributed by atoms with Gasteiger partial charge in [0, 0.05) is 28.7 Å². The second kappa shape index (κ2) is 6.86. The molecule has 0 saturated carbocycles. The zero-order valence-corrected chi connectivity index (χ0v) is 13.1. The van der Waals surface area contributed by atoms with Gasteiger partial charge in [-0.15, -0.1) is 0 Å². The Bertz CT molecular complexity index is 588. The predicted octanol–water partition coefficient (Wildman–Crippen LogP) is 4.45. The van der Waals surface area contributed by atoms with E-state index in [0.717, 1.165) is 10.0 Å². The van der Waals surface area contributed by atoms with Crippen molar-refractivity contribution in [1.82, 2.24) is 5.32 Å². The Morgan fingerprint density at radius 3 is 2.65 bits per heavy atom. The van der Waals surface area contributed by atoms with Crippen LogP contribution in [0.1, 0.15) is 24.1 Å². The summed E-state index contributed by atoms with van der Waals surface area (Å²) >= 11 is 3.51. The Balaban J connectivity index is 2.05. The second-order valence-corrected chi connectivity index (χ2v) is 5.44. The van der Waals surface area contributed by atoms with Crippen molar-refractivity contribution >= 4 is 15.9 Å². The molecular formula is C16H17BrFNO. The van der Waals surface area contributed by atoms with Gasteiger partial charge in [-0.25, -0.2) is 4.39 Å². The quantitative estimate of drug-likeness (QED) is 0.870. The van der Waals surface area contributed by atoms with Gasteiger partial charge in [0.2, 0.25) is 0 Å². The fourth-order valence-corrected chi connectivity index (χ4v) is 2.43. The third-order valence-electron chi connectivity index (χ3n) is 3.23. The summed E-state index contributed by atoms with van der Waals surface area (Å²) in [6.07, 6.45) is 0. The summed E-state index contributed by atoms with van der Waals surface area (Å²) in [6.45, 7) is 2.62. The molecule has 1 unspecified atom stereocenters. The average Bonchev–Trinajstić information content (AvgIpc) is 2.46. The lowest BCUT2D eigenvalue weighted by Crippen LogP contribution is -2.19. The summed E-state index contributed by atoms with van der Waals surface area (Å²) in [6, 6.07) is 12.9. The van der Waals surface area contributed by atoms with Gasteiger partial charge in [-0.3, -0.25) is 0 Å². The summed E-state index contributed by atoms with van der Waals surface area (Å²) < 4.78 is 20.0. The first kappa shape index (κ1) is 15.0. The fourth-order valence-electron chi connectivity index (χ4n) is 2.00. The van der Waals surface area contributed by atoms with Crippen LogP contribution in [0.2, 0.25) is 0 Å². The highest BCUT2D eigenvalue weighted by Gasteiger charge is 2.11. The largest absolute Gasteiger partial charge is 0.497 e. The van der Waals surface area contributed by atoms with Gasteiger partial charge in [-0.1, -0.05) is 40.2 Å². The van der Waals surface area contributed by atoms with E-state index in [1.54, 1.807) is 12.1 Å². The zero-order chi connectivity index (χ0) is 14.5. The molecule has 0 saturated heterocycles. The lowest BCUT2D eigenvalue weighted by Gasteiger charge is -2.16. The summed E-state index contributed by atoms with van der Waals surface area (Å²) in [5.41, 5.74) is 1.78. The van der Waals surface area contributed by atoms with Crippen LogP contribution in [0.5, 0.6) is 5.75 Å². The molecule has 0 heterocycles. The van der Waals surface area contributed by atoms with E-state index in [2.05, 4.69) is 21.2 Å². The van der Waals surface area contributed by atoms with Crippen molar-refractivity contribution in [3.8, 4) is 5.75 Å². The van der Waals surface area contributed by atoms with Gasteiger partial charge in [0.1, 0.15) is 11.6 Å². The molecule has 0 bridgehead atoms. The maximum Gasteiger partial charge on any atom is 0.131 e. The van der Waals surface area contributed by atoms with E-state index < -0.39 is 0 Å². The van der Waals surface area contributed by atoms with Gasteiger partial charge in [-0.2, -0.15) is 0 Å². The molecule has 0 spiro atoms. The number of hydrogen-bond acceptors (Lipinski definition) is 2. The minimum absolute atomic E-state index is 0.0759. The predicted molar refractivity (Wildman–Crippen MR) is 82.3 cm³/mol. The number of ether oxygens (including phenoxy) is 1. The normalized spacial score (nSPS) is 12.2. The number of benzene rings is 2. The summed E-state index contributed by atoms with van der Waals surface area (Å²) in [4.78, 5) is 0. The Labute approximate surface area is 127 Å². The van der Waals surface area contributed by atoms with E-state index in [9.17, 15) is 4.39 Å². The monoisotopic (exact) mass is 337 g/mol. The summed E-state index contributed by atoms with van der Waals surface area (Å²) in [5, 5.41) is 3.32. The highest BCUT2D eigenvalue weighted by atomic mass is 79.9. The van der Waals surface area contributed by atoms with Crippen molar-refractivity contribution in [2.75, 3.05) is 7.11 Å². The van der Waals surface area contributed by atoms with E-state index in [1.165, 1.54) is 13.2 Å². The maximum atomic E-state index is 14.0. The van der Waals surface area contributed by atoms with Gasteiger partial charge in [0.05, 0.1) is 7.11 Å². The molecule has 0 aliphatic rings. The molecule has 2 nitrogen and oxygen atoms in total. The van der Waals surface area contributed by atoms with Crippen LogP contribution in [0, 0.1) is 5.82 Å². The molecule has 0 aliphatic carbocycles. The molecule has 0 radical (unpaired) electrons. The van der Waals surface area contributed by atoms with Crippen molar-refractivity contribution in [1.29, 1.82) is 0 Å². The van der Waals surface area contributed by atoms with Crippen LogP contribution in [0.3, 0.4) is 0 Å². The number of halogens is 2. The standard InChI is InChI=1S/C16H17BrFNO/c1-11(14-8-7-13(20-2)9-16(14)18)19-10-12-5-3-4-6-15(12)17/h3-9,11,19H,10H2,1-2H3. The lowest BCUT2D eigenvalue weighted by atomic mass is 10.1. The number of hydrogen-bond donors (Lipinski definition) is 1. The van der Waals surface area contributed by atoms with E-state index in [4.69, 9.17) is 4.74 Å². The molecule has 0 aliphatic heterocycles. The van der Waals surface area contributed by atoms with E-state index in [-0.39, 0.29) is 11.9 Å². The van der Waals surface area contributed by atoms with Gasteiger partial charge >= 0.3 is 0 Å². The molecule has 20 heavy (non-hydrogen) atoms. The second-order valence-electron chi connectivity index (χ2n) is 4.58. The van der Waals surface area contributed by atoms with Crippen LogP contribution in [-0.2, 0) is 6.54 Å². The van der Waals surface area contributed by atoms with Crippen molar-refractivity contribution in [2.24, 2.45) is 0 Å². The van der Waals surface area contributed by atoms with Crippen molar-refractivity contribution in [3.05, 3.63) is 63.9 Å². The topological polar surface area (TPSA) is 21.3 Å². The van der Waals surface area contributed by atoms with Crippen LogP contribution in [0.15, 0.2) is 46.9 Å². The Hall–Kier alpha value is -1.39. The van der Waals surface area contributed by atoms with E-state index >= 15 is 0 Å². The Morgan fingerprint density at radius 2 is 2.00 bits per heavy atom. The van der Waals surface area contributed by atoms with Crippen LogP contribution in [-0.4, -0.2) is 7.11 Å². The maximum absolute atomic E-state index is 14.0. The SMILES string of the molecule is COc1ccc(C(C)NCc2ccccc2Br)c(F)c1. The van der Waals surface area contributed by atoms with E-state index in [0.29, 0.717) is 17.9 Å². The molecule has 1 atom stereocenters. The van der Waals surface area contributed by atoms with Gasteiger partial charge in [-0.05, 0) is 24.6 Å². The molecule has 1 N–H and O–H groups in total. The number of methoxy groups -OCH3 is 1. The van der Waals surface area contributed by atoms with Crippen LogP contribution < -0.4 is 10.1 Å². The molecule has 2 aromatic carbocycles. The molecule has 4 heteroatoms. The zero-order valence-electron chi connectivity index (χ0n) is 11.5. The van der Waals surface area contributed by atoms with Crippen molar-refractivity contribution < 1.29 is 9.13 Å². The minimum Gasteiger partial charge on any atom is -0.497 e. The van der Waals surface area contributed by atoms with Crippen LogP contribution in [0.25, 0.3) is 0 Å². The van der Waals surface area contributed by atoms with Crippen LogP contribution in [0.4, 0.5) is 4.39 Å². The van der Waals surface area contributed by atoms with Gasteiger partial charge in [0.15, 0.2) is 0 Å². The third kappa shape index (κ3) is 3.58. The molecule has 106 valence electrons. The summed E-state index contributed by atoms with van der Waals surface area (Å²) in [7, 11) is 1.53. The van der Waals surface area contributed by atoms with Crippen molar-refractivity contribution in [3.63, 3.8) is 0 Å². The number of rotatable bonds is 5. The Morgan fingerprint density at radius 1 is 1.25 bits per heavy atom. The lowest BCUT2D eigenvalue weighted by molar-refractivity contribution is 0.409. The third-order valence-corrected chi connectivity index (χ3v) is 4.00. The van der Waals surface area contributed by atoms with Gasteiger partial charge in [0.25, 0.3) is 0 Å². The first-order chi connectivity index (χ1) is 9.61. The first-order valence-electron chi connectivity index (χ1n) is 6.42. The van der Waals surface area contributed by atoms with Crippen LogP contribution >= 0.6 is 15.9 Å². The average molecular weight is 338 g/mol. The number of nitrogens with one attached hydrogen (secondary N) is 1. The summed E-state index contributed by atoms with van der Waals surface area (Å²) in [5.74, 6) is 0.278. The fraction of sp³-hybridized carbons (Fsp3) is 0.250. The smallest absolute Gasteiger partial charge is 0.131 e. The minimum atomic E-state index is -0.253. The molecular weight excluding hydrogens is 321 g/mol.